The summed E-state index contributed by atoms with van der Waals surface area (Å²) in [6, 6.07) is 0. The van der Waals surface area contributed by atoms with Crippen LogP contribution in [0.25, 0.3) is 0 Å². The van der Waals surface area contributed by atoms with Gasteiger partial charge in [-0.05, 0) is 57.8 Å². The zero-order valence-corrected chi connectivity index (χ0v) is 26.1. The second-order valence-electron chi connectivity index (χ2n) is 10.5. The fourth-order valence-corrected chi connectivity index (χ4v) is 5.32. The van der Waals surface area contributed by atoms with Crippen molar-refractivity contribution in [2.45, 2.75) is 135 Å². The molecule has 0 saturated carbocycles. The van der Waals surface area contributed by atoms with Crippen molar-refractivity contribution in [3.05, 3.63) is 0 Å². The van der Waals surface area contributed by atoms with Gasteiger partial charge in [0.25, 0.3) is 0 Å². The predicted molar refractivity (Wildman–Crippen MR) is 146 cm³/mol. The molecule has 0 aromatic rings. The zero-order valence-electron chi connectivity index (χ0n) is 24.4. The Morgan fingerprint density at radius 2 is 0.775 bits per heavy atom. The minimum Gasteiger partial charge on any atom is -0.741 e. The van der Waals surface area contributed by atoms with Crippen LogP contribution < -0.4 is 0 Å². The van der Waals surface area contributed by atoms with E-state index < -0.39 is 36.7 Å². The van der Waals surface area contributed by atoms with Crippen LogP contribution in [0, 0.1) is 0 Å². The van der Waals surface area contributed by atoms with Crippen molar-refractivity contribution in [2.75, 3.05) is 31.9 Å². The molecule has 0 fully saturated rings. The molecule has 0 rings (SSSR count). The third kappa shape index (κ3) is 20.3. The summed E-state index contributed by atoms with van der Waals surface area (Å²) >= 11 is 0. The summed E-state index contributed by atoms with van der Waals surface area (Å²) in [5, 5.41) is 0. The fourth-order valence-electron chi connectivity index (χ4n) is 4.50. The molecule has 40 heavy (non-hydrogen) atoms. The second-order valence-corrected chi connectivity index (χ2v) is 14.0. The molecule has 0 heterocycles. The highest BCUT2D eigenvalue weighted by molar-refractivity contribution is 7.92. The van der Waals surface area contributed by atoms with E-state index in [1.165, 1.54) is 96.7 Å². The molecule has 244 valence electrons. The van der Waals surface area contributed by atoms with Gasteiger partial charge in [0.15, 0.2) is 10.1 Å². The van der Waals surface area contributed by atoms with Crippen LogP contribution in [0.5, 0.6) is 0 Å². The molecular formula is C26H51F6NO5S2. The number of rotatable bonds is 22. The SMILES string of the molecule is CCCCCC[N+](CCCCCC)(CCCCCC)CCCCCCS(=O)(=O)C(F)(F)F.O=S(=O)([O-])C(F)(F)F. The van der Waals surface area contributed by atoms with Crippen molar-refractivity contribution in [3.63, 3.8) is 0 Å². The first kappa shape index (κ1) is 41.5. The van der Waals surface area contributed by atoms with Gasteiger partial charge >= 0.3 is 11.0 Å². The first-order valence-electron chi connectivity index (χ1n) is 14.6. The number of hydrogen-bond acceptors (Lipinski definition) is 5. The van der Waals surface area contributed by atoms with Gasteiger partial charge in [0.05, 0.1) is 31.9 Å². The van der Waals surface area contributed by atoms with E-state index in [1.807, 2.05) is 0 Å². The number of sulfone groups is 1. The second kappa shape index (κ2) is 21.1. The molecule has 0 saturated heterocycles. The molecular weight excluding hydrogens is 584 g/mol. The molecule has 6 nitrogen and oxygen atoms in total. The van der Waals surface area contributed by atoms with Crippen LogP contribution in [0.2, 0.25) is 0 Å². The standard InChI is InChI=1S/C25H51F3NO2S.CHF3O3S/c1-4-7-10-15-20-29(21-16-11-8-5-2,22-17-12-9-6-3)23-18-13-14-19-24-32(30,31)25(26,27)28;2-1(3,4)8(5,6)7/h4-24H2,1-3H3;(H,5,6,7)/q+1;/p-1. The normalized spacial score (nSPS) is 13.2. The molecule has 0 aliphatic heterocycles. The average Bonchev–Trinajstić information content (AvgIpc) is 2.83. The van der Waals surface area contributed by atoms with E-state index in [-0.39, 0.29) is 6.42 Å². The van der Waals surface area contributed by atoms with Gasteiger partial charge in [-0.15, -0.1) is 0 Å². The van der Waals surface area contributed by atoms with E-state index >= 15 is 0 Å². The summed E-state index contributed by atoms with van der Waals surface area (Å²) in [4.78, 5) is 0. The Balaban J connectivity index is 0. The Labute approximate surface area is 238 Å². The number of hydrogen-bond donors (Lipinski definition) is 0. The molecule has 0 aliphatic carbocycles. The lowest BCUT2D eigenvalue weighted by atomic mass is 10.1. The summed E-state index contributed by atoms with van der Waals surface area (Å²) in [5.74, 6) is -0.776. The van der Waals surface area contributed by atoms with Crippen LogP contribution in [-0.4, -0.2) is 68.8 Å². The monoisotopic (exact) mass is 635 g/mol. The first-order valence-corrected chi connectivity index (χ1v) is 17.6. The summed E-state index contributed by atoms with van der Waals surface area (Å²) < 4.78 is 120. The summed E-state index contributed by atoms with van der Waals surface area (Å²) in [6.45, 7) is 11.4. The molecule has 0 N–H and O–H groups in total. The van der Waals surface area contributed by atoms with E-state index in [0.717, 1.165) is 23.9 Å². The molecule has 0 amide bonds. The molecule has 0 aliphatic rings. The van der Waals surface area contributed by atoms with Crippen LogP contribution >= 0.6 is 0 Å². The summed E-state index contributed by atoms with van der Waals surface area (Å²) in [7, 11) is -11.1. The van der Waals surface area contributed by atoms with Crippen molar-refractivity contribution in [1.82, 2.24) is 0 Å². The van der Waals surface area contributed by atoms with Crippen molar-refractivity contribution < 1.29 is 52.2 Å². The molecule has 0 bridgehead atoms. The molecule has 0 unspecified atom stereocenters. The van der Waals surface area contributed by atoms with Crippen LogP contribution in [-0.2, 0) is 20.0 Å². The fraction of sp³-hybridized carbons (Fsp3) is 1.00. The Morgan fingerprint density at radius 3 is 1.02 bits per heavy atom. The quantitative estimate of drug-likeness (QED) is 0.0394. The third-order valence-electron chi connectivity index (χ3n) is 6.89. The maximum Gasteiger partial charge on any atom is 0.497 e. The van der Waals surface area contributed by atoms with Gasteiger partial charge < -0.3 is 9.04 Å². The average molecular weight is 636 g/mol. The molecule has 0 aromatic heterocycles. The van der Waals surface area contributed by atoms with Crippen LogP contribution in [0.15, 0.2) is 0 Å². The minimum atomic E-state index is -6.09. The molecule has 0 radical (unpaired) electrons. The molecule has 0 spiro atoms. The van der Waals surface area contributed by atoms with Crippen molar-refractivity contribution in [1.29, 1.82) is 0 Å². The summed E-state index contributed by atoms with van der Waals surface area (Å²) in [6.07, 6.45) is 17.5. The Morgan fingerprint density at radius 1 is 0.500 bits per heavy atom. The lowest BCUT2D eigenvalue weighted by Crippen LogP contribution is -2.50. The smallest absolute Gasteiger partial charge is 0.497 e. The maximum atomic E-state index is 12.5. The van der Waals surface area contributed by atoms with Gasteiger partial charge in [-0.1, -0.05) is 65.7 Å². The first-order chi connectivity index (χ1) is 18.4. The lowest BCUT2D eigenvalue weighted by Gasteiger charge is -2.39. The van der Waals surface area contributed by atoms with E-state index in [4.69, 9.17) is 13.0 Å². The van der Waals surface area contributed by atoms with Crippen molar-refractivity contribution >= 4 is 20.0 Å². The zero-order chi connectivity index (χ0) is 31.3. The summed E-state index contributed by atoms with van der Waals surface area (Å²) in [5.41, 5.74) is -10.8. The molecule has 14 heteroatoms. The van der Waals surface area contributed by atoms with E-state index in [1.54, 1.807) is 0 Å². The van der Waals surface area contributed by atoms with Gasteiger partial charge in [0.2, 0.25) is 9.84 Å². The minimum absolute atomic E-state index is 0.103. The topological polar surface area (TPSA) is 91.3 Å². The van der Waals surface area contributed by atoms with Crippen LogP contribution in [0.4, 0.5) is 26.3 Å². The number of nitrogens with zero attached hydrogens (tertiary/aromatic N) is 1. The van der Waals surface area contributed by atoms with Gasteiger partial charge in [-0.25, -0.2) is 16.8 Å². The van der Waals surface area contributed by atoms with Crippen LogP contribution in [0.1, 0.15) is 124 Å². The predicted octanol–water partition coefficient (Wildman–Crippen LogP) is 8.09. The highest BCUT2D eigenvalue weighted by Crippen LogP contribution is 2.25. The largest absolute Gasteiger partial charge is 0.741 e. The number of halogens is 6. The van der Waals surface area contributed by atoms with Crippen LogP contribution in [0.3, 0.4) is 0 Å². The Hall–Kier alpha value is -0.600. The van der Waals surface area contributed by atoms with Gasteiger partial charge in [-0.2, -0.15) is 26.3 Å². The molecule has 0 aromatic carbocycles. The Kier molecular flexibility index (Phi) is 22.0. The van der Waals surface area contributed by atoms with Gasteiger partial charge in [0, 0.05) is 0 Å². The Bertz CT molecular complexity index is 800. The lowest BCUT2D eigenvalue weighted by molar-refractivity contribution is -0.929. The third-order valence-corrected chi connectivity index (χ3v) is 8.99. The van der Waals surface area contributed by atoms with Crippen molar-refractivity contribution in [3.8, 4) is 0 Å². The number of unbranched alkanes of at least 4 members (excludes halogenated alkanes) is 12. The van der Waals surface area contributed by atoms with E-state index in [0.29, 0.717) is 6.42 Å². The van der Waals surface area contributed by atoms with Gasteiger partial charge in [-0.3, -0.25) is 0 Å². The maximum absolute atomic E-state index is 12.5. The highest BCUT2D eigenvalue weighted by Gasteiger charge is 2.44. The van der Waals surface area contributed by atoms with Crippen molar-refractivity contribution in [2.24, 2.45) is 0 Å². The molecule has 0 atom stereocenters. The van der Waals surface area contributed by atoms with E-state index in [2.05, 4.69) is 20.8 Å². The van der Waals surface area contributed by atoms with Gasteiger partial charge in [0.1, 0.15) is 0 Å². The van der Waals surface area contributed by atoms with E-state index in [9.17, 15) is 34.8 Å². The highest BCUT2D eigenvalue weighted by atomic mass is 32.2. The number of alkyl halides is 6. The number of quaternary nitrogens is 1.